The van der Waals surface area contributed by atoms with Gasteiger partial charge < -0.3 is 0 Å². The third-order valence-electron chi connectivity index (χ3n) is 10.2. The molecule has 0 unspecified atom stereocenters. The molecule has 0 fully saturated rings. The van der Waals surface area contributed by atoms with Crippen LogP contribution in [-0.4, -0.2) is 20.0 Å². The average molecular weight is 677 g/mol. The predicted molar refractivity (Wildman–Crippen MR) is 219 cm³/mol. The first-order valence-electron chi connectivity index (χ1n) is 17.8. The molecule has 4 heteroatoms. The van der Waals surface area contributed by atoms with Crippen LogP contribution in [0.25, 0.3) is 93.9 Å². The summed E-state index contributed by atoms with van der Waals surface area (Å²) in [4.78, 5) is 6.19. The van der Waals surface area contributed by atoms with Crippen LogP contribution >= 0.6 is 0 Å². The molecule has 248 valence electrons. The van der Waals surface area contributed by atoms with Crippen molar-refractivity contribution in [1.82, 2.24) is 20.0 Å². The quantitative estimate of drug-likeness (QED) is 0.176. The Bertz CT molecular complexity index is 2920. The van der Waals surface area contributed by atoms with Crippen molar-refractivity contribution in [2.75, 3.05) is 0 Å². The molecule has 0 spiro atoms. The number of hydrogen-bond acceptors (Lipinski definition) is 3. The maximum absolute atomic E-state index is 5.16. The highest BCUT2D eigenvalue weighted by molar-refractivity contribution is 6.07. The smallest absolute Gasteiger partial charge is 0.121 e. The third-order valence-corrected chi connectivity index (χ3v) is 10.2. The maximum atomic E-state index is 5.16. The first kappa shape index (κ1) is 30.6. The highest BCUT2D eigenvalue weighted by Gasteiger charge is 2.17. The zero-order valence-corrected chi connectivity index (χ0v) is 28.8. The molecule has 0 aliphatic rings. The number of aromatic nitrogens is 4. The summed E-state index contributed by atoms with van der Waals surface area (Å²) in [6.45, 7) is 0. The first-order valence-corrected chi connectivity index (χ1v) is 17.8. The molecular formula is C49H32N4. The molecule has 53 heavy (non-hydrogen) atoms. The van der Waals surface area contributed by atoms with E-state index < -0.39 is 0 Å². The zero-order chi connectivity index (χ0) is 35.1. The van der Waals surface area contributed by atoms with E-state index in [1.54, 1.807) is 4.80 Å². The van der Waals surface area contributed by atoms with Gasteiger partial charge in [0.25, 0.3) is 0 Å². The van der Waals surface area contributed by atoms with E-state index in [2.05, 4.69) is 181 Å². The molecule has 2 aromatic heterocycles. The van der Waals surface area contributed by atoms with Gasteiger partial charge in [-0.2, -0.15) is 4.80 Å². The van der Waals surface area contributed by atoms with Gasteiger partial charge in [-0.3, -0.25) is 4.98 Å². The highest BCUT2D eigenvalue weighted by Crippen LogP contribution is 2.39. The van der Waals surface area contributed by atoms with E-state index in [1.807, 2.05) is 18.5 Å². The molecular weight excluding hydrogens is 645 g/mol. The largest absolute Gasteiger partial charge is 0.264 e. The molecule has 10 aromatic rings. The second-order valence-electron chi connectivity index (χ2n) is 13.3. The van der Waals surface area contributed by atoms with Gasteiger partial charge in [0.2, 0.25) is 0 Å². The predicted octanol–water partition coefficient (Wildman–Crippen LogP) is 12.5. The van der Waals surface area contributed by atoms with Crippen LogP contribution in [0.5, 0.6) is 0 Å². The Morgan fingerprint density at radius 1 is 0.358 bits per heavy atom. The number of benzene rings is 8. The second kappa shape index (κ2) is 12.9. The summed E-state index contributed by atoms with van der Waals surface area (Å²) in [5.74, 6) is 0. The van der Waals surface area contributed by atoms with Gasteiger partial charge in [-0.1, -0.05) is 146 Å². The molecule has 0 amide bonds. The van der Waals surface area contributed by atoms with Gasteiger partial charge >= 0.3 is 0 Å². The minimum atomic E-state index is 0.847. The van der Waals surface area contributed by atoms with Crippen LogP contribution in [0.4, 0.5) is 0 Å². The first-order chi connectivity index (χ1) is 26.3. The summed E-state index contributed by atoms with van der Waals surface area (Å²) in [6, 6.07) is 64.4. The molecule has 0 atom stereocenters. The van der Waals surface area contributed by atoms with Crippen molar-refractivity contribution in [2.24, 2.45) is 0 Å². The average Bonchev–Trinajstić information content (AvgIpc) is 3.68. The van der Waals surface area contributed by atoms with Crippen LogP contribution in [0.3, 0.4) is 0 Å². The van der Waals surface area contributed by atoms with Crippen LogP contribution in [0, 0.1) is 0 Å². The zero-order valence-electron chi connectivity index (χ0n) is 28.8. The molecule has 0 radical (unpaired) electrons. The second-order valence-corrected chi connectivity index (χ2v) is 13.3. The molecule has 0 aliphatic carbocycles. The molecule has 0 saturated carbocycles. The van der Waals surface area contributed by atoms with Crippen LogP contribution < -0.4 is 0 Å². The van der Waals surface area contributed by atoms with Gasteiger partial charge in [0.1, 0.15) is 11.0 Å². The normalized spacial score (nSPS) is 11.4. The van der Waals surface area contributed by atoms with E-state index in [0.29, 0.717) is 0 Å². The lowest BCUT2D eigenvalue weighted by molar-refractivity contribution is 0.766. The monoisotopic (exact) mass is 676 g/mol. The Labute approximate surface area is 307 Å². The topological polar surface area (TPSA) is 43.6 Å². The minimum Gasteiger partial charge on any atom is -0.264 e. The van der Waals surface area contributed by atoms with Gasteiger partial charge in [-0.25, -0.2) is 0 Å². The lowest BCUT2D eigenvalue weighted by Gasteiger charge is -2.13. The van der Waals surface area contributed by atoms with Crippen molar-refractivity contribution in [1.29, 1.82) is 0 Å². The van der Waals surface area contributed by atoms with Gasteiger partial charge in [-0.15, -0.1) is 10.2 Å². The third kappa shape index (κ3) is 5.54. The van der Waals surface area contributed by atoms with E-state index >= 15 is 0 Å². The van der Waals surface area contributed by atoms with E-state index in [1.165, 1.54) is 38.2 Å². The molecule has 8 aromatic carbocycles. The Balaban J connectivity index is 1.09. The summed E-state index contributed by atoms with van der Waals surface area (Å²) >= 11 is 0. The molecule has 0 saturated heterocycles. The fourth-order valence-corrected chi connectivity index (χ4v) is 7.57. The summed E-state index contributed by atoms with van der Waals surface area (Å²) in [6.07, 6.45) is 3.75. The Kier molecular flexibility index (Phi) is 7.43. The Morgan fingerprint density at radius 3 is 1.75 bits per heavy atom. The van der Waals surface area contributed by atoms with Crippen molar-refractivity contribution >= 4 is 32.6 Å². The molecule has 0 N–H and O–H groups in total. The molecule has 0 bridgehead atoms. The van der Waals surface area contributed by atoms with Gasteiger partial charge in [0.05, 0.1) is 5.69 Å². The van der Waals surface area contributed by atoms with E-state index in [9.17, 15) is 0 Å². The van der Waals surface area contributed by atoms with Gasteiger partial charge in [-0.05, 0) is 102 Å². The van der Waals surface area contributed by atoms with Crippen molar-refractivity contribution in [3.8, 4) is 61.3 Å². The lowest BCUT2D eigenvalue weighted by Crippen LogP contribution is -1.98. The van der Waals surface area contributed by atoms with Gasteiger partial charge in [0.15, 0.2) is 0 Å². The molecule has 2 heterocycles. The van der Waals surface area contributed by atoms with Crippen LogP contribution in [0.1, 0.15) is 0 Å². The Morgan fingerprint density at radius 2 is 1.00 bits per heavy atom. The molecule has 0 aliphatic heterocycles. The highest BCUT2D eigenvalue weighted by atomic mass is 15.5. The fraction of sp³-hybridized carbons (Fsp3) is 0. The van der Waals surface area contributed by atoms with E-state index in [-0.39, 0.29) is 0 Å². The number of rotatable bonds is 6. The number of pyridine rings is 1. The van der Waals surface area contributed by atoms with E-state index in [4.69, 9.17) is 10.2 Å². The fourth-order valence-electron chi connectivity index (χ4n) is 7.57. The number of nitrogens with zero attached hydrogens (tertiary/aromatic N) is 4. The minimum absolute atomic E-state index is 0.847. The summed E-state index contributed by atoms with van der Waals surface area (Å²) in [5, 5.41) is 15.1. The number of fused-ring (bicyclic) bond motifs is 3. The summed E-state index contributed by atoms with van der Waals surface area (Å²) in [7, 11) is 0. The Hall–Kier alpha value is -7.17. The van der Waals surface area contributed by atoms with Gasteiger partial charge in [0, 0.05) is 23.5 Å². The van der Waals surface area contributed by atoms with Crippen molar-refractivity contribution in [3.05, 3.63) is 194 Å². The van der Waals surface area contributed by atoms with E-state index in [0.717, 1.165) is 55.7 Å². The van der Waals surface area contributed by atoms with Crippen LogP contribution in [0.2, 0.25) is 0 Å². The van der Waals surface area contributed by atoms with Crippen molar-refractivity contribution in [2.45, 2.75) is 0 Å². The van der Waals surface area contributed by atoms with Crippen molar-refractivity contribution in [3.63, 3.8) is 0 Å². The van der Waals surface area contributed by atoms with Crippen LogP contribution in [-0.2, 0) is 0 Å². The van der Waals surface area contributed by atoms with Crippen LogP contribution in [0.15, 0.2) is 194 Å². The summed E-state index contributed by atoms with van der Waals surface area (Å²) in [5.41, 5.74) is 13.9. The lowest BCUT2D eigenvalue weighted by atomic mass is 9.92. The number of hydrogen-bond donors (Lipinski definition) is 0. The standard InChI is InChI=1S/C49H32N4/c1-2-11-34(12-3-1)44-27-24-37(29-46(44)38-17-10-28-50-32-38)33-22-25-40(26-23-33)53-51-48-31-39(43-20-8-15-35-13-4-6-18-41(35)43)30-47(49(48)52-53)45-21-9-16-36-14-5-7-19-42(36)45/h1-32H. The molecule has 10 rings (SSSR count). The van der Waals surface area contributed by atoms with Crippen molar-refractivity contribution < 1.29 is 0 Å². The maximum Gasteiger partial charge on any atom is 0.121 e. The SMILES string of the molecule is c1ccc(-c2ccc(-c3ccc(-n4nc5cc(-c6cccc7ccccc67)cc(-c6cccc7ccccc67)c5n4)cc3)cc2-c2cccnc2)cc1. The summed E-state index contributed by atoms with van der Waals surface area (Å²) < 4.78 is 0. The molecule has 4 nitrogen and oxygen atoms in total.